The average molecular weight is 291 g/mol. The van der Waals surface area contributed by atoms with Crippen molar-refractivity contribution < 1.29 is 5.11 Å². The number of aliphatic hydroxyl groups is 1. The highest BCUT2D eigenvalue weighted by Gasteiger charge is 2.10. The van der Waals surface area contributed by atoms with E-state index in [0.29, 0.717) is 0 Å². The first-order valence-electron chi connectivity index (χ1n) is 7.43. The smallest absolute Gasteiger partial charge is 0.0461 e. The molecule has 0 saturated heterocycles. The van der Waals surface area contributed by atoms with Crippen molar-refractivity contribution in [3.8, 4) is 0 Å². The minimum atomic E-state index is 0.250. The van der Waals surface area contributed by atoms with Gasteiger partial charge in [0.05, 0.1) is 0 Å². The van der Waals surface area contributed by atoms with Crippen LogP contribution in [0.5, 0.6) is 0 Å². The van der Waals surface area contributed by atoms with Gasteiger partial charge in [-0.15, -0.1) is 0 Å². The summed E-state index contributed by atoms with van der Waals surface area (Å²) in [6, 6.07) is 31.3. The van der Waals surface area contributed by atoms with E-state index in [2.05, 4.69) is 77.7 Å². The Hall–Kier alpha value is -2.58. The van der Waals surface area contributed by atoms with Gasteiger partial charge in [-0.05, 0) is 43.3 Å². The molecule has 3 rings (SSSR count). The molecule has 0 heterocycles. The van der Waals surface area contributed by atoms with Gasteiger partial charge in [0, 0.05) is 23.7 Å². The molecule has 0 fully saturated rings. The maximum atomic E-state index is 7.57. The fraction of sp³-hybridized carbons (Fsp3) is 0.100. The number of anilines is 3. The average Bonchev–Trinajstić information content (AvgIpc) is 2.59. The maximum absolute atomic E-state index is 7.57. The molecule has 22 heavy (non-hydrogen) atoms. The Morgan fingerprint density at radius 1 is 0.591 bits per heavy atom. The molecular formula is C20H21NO. The Kier molecular flexibility index (Phi) is 6.21. The zero-order valence-electron chi connectivity index (χ0n) is 12.8. The summed E-state index contributed by atoms with van der Waals surface area (Å²) < 4.78 is 0. The summed E-state index contributed by atoms with van der Waals surface area (Å²) in [6.45, 7) is 1.93. The fourth-order valence-electron chi connectivity index (χ4n) is 2.18. The summed E-state index contributed by atoms with van der Waals surface area (Å²) in [7, 11) is 0. The van der Waals surface area contributed by atoms with Gasteiger partial charge in [0.2, 0.25) is 0 Å². The quantitative estimate of drug-likeness (QED) is 0.721. The predicted octanol–water partition coefficient (Wildman–Crippen LogP) is 5.16. The molecule has 0 amide bonds. The summed E-state index contributed by atoms with van der Waals surface area (Å²) in [5.74, 6) is 0. The lowest BCUT2D eigenvalue weighted by molar-refractivity contribution is 0.318. The lowest BCUT2D eigenvalue weighted by Crippen LogP contribution is -2.09. The Morgan fingerprint density at radius 3 is 1.05 bits per heavy atom. The minimum absolute atomic E-state index is 0.250. The van der Waals surface area contributed by atoms with Crippen LogP contribution in [0.1, 0.15) is 6.92 Å². The summed E-state index contributed by atoms with van der Waals surface area (Å²) in [6.07, 6.45) is 0. The zero-order valence-corrected chi connectivity index (χ0v) is 12.8. The first-order valence-corrected chi connectivity index (χ1v) is 7.43. The number of rotatable bonds is 3. The van der Waals surface area contributed by atoms with Crippen LogP contribution in [-0.2, 0) is 0 Å². The molecule has 112 valence electrons. The number of para-hydroxylation sites is 3. The normalized spacial score (nSPS) is 9.55. The van der Waals surface area contributed by atoms with E-state index < -0.39 is 0 Å². The molecule has 0 radical (unpaired) electrons. The van der Waals surface area contributed by atoms with E-state index >= 15 is 0 Å². The Bertz CT molecular complexity index is 544. The van der Waals surface area contributed by atoms with E-state index in [4.69, 9.17) is 5.11 Å². The highest BCUT2D eigenvalue weighted by Crippen LogP contribution is 2.33. The Balaban J connectivity index is 0.000000545. The molecule has 0 aliphatic carbocycles. The van der Waals surface area contributed by atoms with E-state index in [1.165, 1.54) is 17.1 Å². The molecule has 3 aromatic rings. The Labute approximate surface area is 132 Å². The fourth-order valence-corrected chi connectivity index (χ4v) is 2.18. The maximum Gasteiger partial charge on any atom is 0.0461 e. The lowest BCUT2D eigenvalue weighted by atomic mass is 10.2. The predicted molar refractivity (Wildman–Crippen MR) is 93.9 cm³/mol. The minimum Gasteiger partial charge on any atom is -0.397 e. The Morgan fingerprint density at radius 2 is 0.818 bits per heavy atom. The number of aliphatic hydroxyl groups excluding tert-OH is 1. The van der Waals surface area contributed by atoms with Crippen molar-refractivity contribution in [2.24, 2.45) is 0 Å². The molecule has 0 aliphatic heterocycles. The zero-order chi connectivity index (χ0) is 15.6. The van der Waals surface area contributed by atoms with Crippen LogP contribution in [0.15, 0.2) is 91.0 Å². The number of hydrogen-bond donors (Lipinski definition) is 1. The van der Waals surface area contributed by atoms with E-state index in [9.17, 15) is 0 Å². The molecule has 0 spiro atoms. The van der Waals surface area contributed by atoms with Gasteiger partial charge in [0.15, 0.2) is 0 Å². The van der Waals surface area contributed by atoms with E-state index in [-0.39, 0.29) is 6.61 Å². The third-order valence-electron chi connectivity index (χ3n) is 3.04. The molecule has 2 nitrogen and oxygen atoms in total. The first kappa shape index (κ1) is 15.8. The van der Waals surface area contributed by atoms with Gasteiger partial charge in [-0.3, -0.25) is 0 Å². The van der Waals surface area contributed by atoms with Crippen molar-refractivity contribution >= 4 is 17.1 Å². The van der Waals surface area contributed by atoms with E-state index in [1.807, 2.05) is 18.2 Å². The molecule has 0 saturated carbocycles. The number of benzene rings is 3. The van der Waals surface area contributed by atoms with Crippen LogP contribution in [0, 0.1) is 0 Å². The van der Waals surface area contributed by atoms with Gasteiger partial charge in [0.25, 0.3) is 0 Å². The second-order valence-corrected chi connectivity index (χ2v) is 4.66. The van der Waals surface area contributed by atoms with Crippen LogP contribution in [0.2, 0.25) is 0 Å². The van der Waals surface area contributed by atoms with Crippen molar-refractivity contribution in [3.63, 3.8) is 0 Å². The molecule has 0 aromatic heterocycles. The monoisotopic (exact) mass is 291 g/mol. The highest BCUT2D eigenvalue weighted by molar-refractivity contribution is 5.76. The largest absolute Gasteiger partial charge is 0.397 e. The number of hydrogen-bond acceptors (Lipinski definition) is 2. The lowest BCUT2D eigenvalue weighted by Gasteiger charge is -2.25. The molecule has 0 unspecified atom stereocenters. The van der Waals surface area contributed by atoms with Gasteiger partial charge in [0.1, 0.15) is 0 Å². The summed E-state index contributed by atoms with van der Waals surface area (Å²) >= 11 is 0. The molecule has 2 heteroatoms. The van der Waals surface area contributed by atoms with Crippen molar-refractivity contribution in [1.29, 1.82) is 0 Å². The van der Waals surface area contributed by atoms with Crippen LogP contribution in [0.25, 0.3) is 0 Å². The van der Waals surface area contributed by atoms with Gasteiger partial charge in [-0.2, -0.15) is 0 Å². The summed E-state index contributed by atoms with van der Waals surface area (Å²) in [5, 5.41) is 7.57. The SMILES string of the molecule is CCO.c1ccc(N(c2ccccc2)c2ccccc2)cc1. The van der Waals surface area contributed by atoms with Crippen LogP contribution in [0.4, 0.5) is 17.1 Å². The van der Waals surface area contributed by atoms with Crippen LogP contribution >= 0.6 is 0 Å². The third kappa shape index (κ3) is 4.21. The molecule has 1 N–H and O–H groups in total. The summed E-state index contributed by atoms with van der Waals surface area (Å²) in [5.41, 5.74) is 3.50. The van der Waals surface area contributed by atoms with Crippen molar-refractivity contribution in [3.05, 3.63) is 91.0 Å². The van der Waals surface area contributed by atoms with Gasteiger partial charge < -0.3 is 10.0 Å². The molecule has 0 aliphatic rings. The third-order valence-corrected chi connectivity index (χ3v) is 3.04. The van der Waals surface area contributed by atoms with Crippen LogP contribution < -0.4 is 4.90 Å². The van der Waals surface area contributed by atoms with E-state index in [0.717, 1.165) is 0 Å². The van der Waals surface area contributed by atoms with Crippen molar-refractivity contribution in [2.75, 3.05) is 11.5 Å². The van der Waals surface area contributed by atoms with Crippen molar-refractivity contribution in [2.45, 2.75) is 6.92 Å². The second kappa shape index (κ2) is 8.65. The molecule has 3 aromatic carbocycles. The molecular weight excluding hydrogens is 270 g/mol. The molecule has 0 bridgehead atoms. The van der Waals surface area contributed by atoms with Gasteiger partial charge in [-0.1, -0.05) is 54.6 Å². The standard InChI is InChI=1S/C18H15N.C2H6O/c1-4-10-16(11-5-1)19(17-12-6-2-7-13-17)18-14-8-3-9-15-18;1-2-3/h1-15H;3H,2H2,1H3. The summed E-state index contributed by atoms with van der Waals surface area (Å²) in [4.78, 5) is 2.25. The van der Waals surface area contributed by atoms with Crippen LogP contribution in [-0.4, -0.2) is 11.7 Å². The van der Waals surface area contributed by atoms with Crippen LogP contribution in [0.3, 0.4) is 0 Å². The second-order valence-electron chi connectivity index (χ2n) is 4.66. The highest BCUT2D eigenvalue weighted by atomic mass is 16.2. The van der Waals surface area contributed by atoms with E-state index in [1.54, 1.807) is 6.92 Å². The van der Waals surface area contributed by atoms with Crippen molar-refractivity contribution in [1.82, 2.24) is 0 Å². The molecule has 0 atom stereocenters. The first-order chi connectivity index (χ1) is 10.9. The van der Waals surface area contributed by atoms with Gasteiger partial charge in [-0.25, -0.2) is 0 Å². The van der Waals surface area contributed by atoms with Gasteiger partial charge >= 0.3 is 0 Å². The topological polar surface area (TPSA) is 23.5 Å². The number of nitrogens with zero attached hydrogens (tertiary/aromatic N) is 1.